The smallest absolute Gasteiger partial charge is 0.388 e. The third kappa shape index (κ3) is 3.08. The van der Waals surface area contributed by atoms with Gasteiger partial charge in [-0.15, -0.1) is 0 Å². The van der Waals surface area contributed by atoms with Gasteiger partial charge in [-0.25, -0.2) is 14.5 Å². The van der Waals surface area contributed by atoms with Gasteiger partial charge in [-0.05, 0) is 0 Å². The van der Waals surface area contributed by atoms with Crippen LogP contribution >= 0.6 is 7.82 Å². The van der Waals surface area contributed by atoms with Crippen molar-refractivity contribution in [2.24, 2.45) is 0 Å². The molecule has 0 spiro atoms. The molecule has 2 aromatic rings. The standard InChI is InChI=1S/C10H12N5O7P/c11-10-14-8-5(9(18)15-10)13-3(1-12-8)6(17)7-4(16)2-21-23(19,20)22-7/h1,4,6-7,16-17H,2H2,(H,19,20)(H3,11,12,14,15,18). The molecule has 0 aliphatic carbocycles. The zero-order valence-electron chi connectivity index (χ0n) is 11.4. The molecule has 1 aliphatic heterocycles. The second kappa shape index (κ2) is 5.60. The lowest BCUT2D eigenvalue weighted by Gasteiger charge is -2.32. The number of phosphoric ester groups is 1. The van der Waals surface area contributed by atoms with Gasteiger partial charge in [0.25, 0.3) is 5.56 Å². The van der Waals surface area contributed by atoms with Gasteiger partial charge in [-0.2, -0.15) is 4.98 Å². The number of aromatic nitrogens is 4. The van der Waals surface area contributed by atoms with E-state index >= 15 is 0 Å². The molecular weight excluding hydrogens is 333 g/mol. The maximum absolute atomic E-state index is 11.8. The number of anilines is 1. The maximum Gasteiger partial charge on any atom is 0.472 e. The van der Waals surface area contributed by atoms with Crippen LogP contribution in [0.2, 0.25) is 0 Å². The van der Waals surface area contributed by atoms with Gasteiger partial charge in [0.05, 0.1) is 18.5 Å². The molecule has 3 rings (SSSR count). The highest BCUT2D eigenvalue weighted by Crippen LogP contribution is 2.50. The number of nitrogen functional groups attached to an aromatic ring is 1. The molecule has 3 heterocycles. The molecule has 4 unspecified atom stereocenters. The van der Waals surface area contributed by atoms with Crippen molar-refractivity contribution < 1.29 is 28.7 Å². The fourth-order valence-corrected chi connectivity index (χ4v) is 3.01. The molecule has 13 heteroatoms. The first-order valence-corrected chi connectivity index (χ1v) is 7.81. The highest BCUT2D eigenvalue weighted by Gasteiger charge is 2.42. The number of nitrogens with one attached hydrogen (secondary N) is 1. The average molecular weight is 345 g/mol. The lowest BCUT2D eigenvalue weighted by molar-refractivity contribution is -0.105. The molecule has 0 radical (unpaired) electrons. The SMILES string of the molecule is Nc1nc2ncc(C(O)C3OP(=O)(O)OCC3O)nc2c(=O)[nH]1. The first-order valence-electron chi connectivity index (χ1n) is 6.31. The number of aromatic amines is 1. The third-order valence-electron chi connectivity index (χ3n) is 3.11. The van der Waals surface area contributed by atoms with Crippen LogP contribution in [0.15, 0.2) is 11.0 Å². The molecule has 0 aromatic carbocycles. The Labute approximate surface area is 127 Å². The van der Waals surface area contributed by atoms with Crippen molar-refractivity contribution in [1.29, 1.82) is 0 Å². The van der Waals surface area contributed by atoms with Crippen molar-refractivity contribution in [3.8, 4) is 0 Å². The minimum Gasteiger partial charge on any atom is -0.388 e. The molecule has 0 amide bonds. The highest BCUT2D eigenvalue weighted by atomic mass is 31.2. The highest BCUT2D eigenvalue weighted by molar-refractivity contribution is 7.47. The maximum atomic E-state index is 11.8. The number of nitrogens with two attached hydrogens (primary N) is 1. The molecule has 1 aliphatic rings. The van der Waals surface area contributed by atoms with E-state index in [1.807, 2.05) is 0 Å². The Kier molecular flexibility index (Phi) is 3.88. The Morgan fingerprint density at radius 1 is 1.48 bits per heavy atom. The van der Waals surface area contributed by atoms with Gasteiger partial charge in [0.15, 0.2) is 11.2 Å². The van der Waals surface area contributed by atoms with Crippen LogP contribution in [0.3, 0.4) is 0 Å². The van der Waals surface area contributed by atoms with Crippen LogP contribution in [-0.2, 0) is 13.6 Å². The topological polar surface area (TPSA) is 194 Å². The fourth-order valence-electron chi connectivity index (χ4n) is 2.05. The molecule has 1 fully saturated rings. The summed E-state index contributed by atoms with van der Waals surface area (Å²) in [4.78, 5) is 34.8. The van der Waals surface area contributed by atoms with Crippen molar-refractivity contribution in [2.45, 2.75) is 18.3 Å². The van der Waals surface area contributed by atoms with Gasteiger partial charge in [-0.3, -0.25) is 18.8 Å². The molecular formula is C10H12N5O7P. The van der Waals surface area contributed by atoms with E-state index in [-0.39, 0.29) is 22.8 Å². The number of H-pyrrole nitrogens is 1. The van der Waals surface area contributed by atoms with Crippen molar-refractivity contribution in [2.75, 3.05) is 12.3 Å². The average Bonchev–Trinajstić information content (AvgIpc) is 2.48. The van der Waals surface area contributed by atoms with E-state index in [1.165, 1.54) is 0 Å². The summed E-state index contributed by atoms with van der Waals surface area (Å²) >= 11 is 0. The number of phosphoric acid groups is 1. The van der Waals surface area contributed by atoms with Crippen LogP contribution in [0, 0.1) is 0 Å². The monoisotopic (exact) mass is 345 g/mol. The second-order valence-corrected chi connectivity index (χ2v) is 6.17. The molecule has 0 saturated carbocycles. The van der Waals surface area contributed by atoms with Crippen molar-refractivity contribution in [3.05, 3.63) is 22.2 Å². The van der Waals surface area contributed by atoms with Gasteiger partial charge in [0, 0.05) is 0 Å². The number of fused-ring (bicyclic) bond motifs is 1. The lowest BCUT2D eigenvalue weighted by atomic mass is 10.1. The molecule has 6 N–H and O–H groups in total. The molecule has 124 valence electrons. The minimum absolute atomic E-state index is 0.0384. The van der Waals surface area contributed by atoms with Crippen LogP contribution in [-0.4, -0.2) is 53.9 Å². The number of aliphatic hydroxyl groups excluding tert-OH is 2. The molecule has 0 bridgehead atoms. The lowest BCUT2D eigenvalue weighted by Crippen LogP contribution is -2.41. The third-order valence-corrected chi connectivity index (χ3v) is 4.10. The second-order valence-electron chi connectivity index (χ2n) is 4.76. The fraction of sp³-hybridized carbons (Fsp3) is 0.400. The Hall–Kier alpha value is -1.95. The summed E-state index contributed by atoms with van der Waals surface area (Å²) in [6, 6.07) is 0. The van der Waals surface area contributed by atoms with Crippen LogP contribution in [0.1, 0.15) is 11.8 Å². The first-order chi connectivity index (χ1) is 10.8. The van der Waals surface area contributed by atoms with E-state index in [1.54, 1.807) is 0 Å². The van der Waals surface area contributed by atoms with Gasteiger partial charge in [-0.1, -0.05) is 0 Å². The predicted octanol–water partition coefficient (Wildman–Crippen LogP) is -1.79. The summed E-state index contributed by atoms with van der Waals surface area (Å²) in [6.07, 6.45) is -3.39. The van der Waals surface area contributed by atoms with E-state index in [4.69, 9.17) is 5.73 Å². The van der Waals surface area contributed by atoms with E-state index in [0.29, 0.717) is 0 Å². The van der Waals surface area contributed by atoms with Crippen molar-refractivity contribution in [3.63, 3.8) is 0 Å². The zero-order valence-corrected chi connectivity index (χ0v) is 12.3. The van der Waals surface area contributed by atoms with Gasteiger partial charge < -0.3 is 20.8 Å². The van der Waals surface area contributed by atoms with Gasteiger partial charge in [0.1, 0.15) is 18.3 Å². The van der Waals surface area contributed by atoms with E-state index in [9.17, 15) is 24.5 Å². The molecule has 23 heavy (non-hydrogen) atoms. The molecule has 4 atom stereocenters. The Morgan fingerprint density at radius 3 is 2.96 bits per heavy atom. The number of hydrogen-bond acceptors (Lipinski definition) is 10. The first kappa shape index (κ1) is 15.9. The minimum atomic E-state index is -4.38. The Bertz CT molecular complexity index is 857. The number of nitrogens with zero attached hydrogens (tertiary/aromatic N) is 3. The Morgan fingerprint density at radius 2 is 2.22 bits per heavy atom. The van der Waals surface area contributed by atoms with Gasteiger partial charge in [0.2, 0.25) is 5.95 Å². The molecule has 12 nitrogen and oxygen atoms in total. The summed E-state index contributed by atoms with van der Waals surface area (Å²) < 4.78 is 20.5. The number of hydrogen-bond donors (Lipinski definition) is 5. The summed E-state index contributed by atoms with van der Waals surface area (Å²) in [6.45, 7) is -0.505. The van der Waals surface area contributed by atoms with E-state index in [0.717, 1.165) is 6.20 Å². The van der Waals surface area contributed by atoms with E-state index in [2.05, 4.69) is 29.0 Å². The van der Waals surface area contributed by atoms with Crippen LogP contribution in [0.25, 0.3) is 11.2 Å². The van der Waals surface area contributed by atoms with Crippen molar-refractivity contribution >= 4 is 24.9 Å². The van der Waals surface area contributed by atoms with Crippen molar-refractivity contribution in [1.82, 2.24) is 19.9 Å². The largest absolute Gasteiger partial charge is 0.472 e. The molecule has 1 saturated heterocycles. The zero-order chi connectivity index (χ0) is 16.8. The Balaban J connectivity index is 1.99. The summed E-state index contributed by atoms with van der Waals surface area (Å²) in [5.41, 5.74) is 4.33. The summed E-state index contributed by atoms with van der Waals surface area (Å²) in [7, 11) is -4.38. The number of aliphatic hydroxyl groups is 2. The van der Waals surface area contributed by atoms with Crippen LogP contribution < -0.4 is 11.3 Å². The normalized spacial score (nSPS) is 29.5. The summed E-state index contributed by atoms with van der Waals surface area (Å²) in [5.74, 6) is -0.144. The van der Waals surface area contributed by atoms with E-state index < -0.39 is 38.3 Å². The summed E-state index contributed by atoms with van der Waals surface area (Å²) in [5, 5.41) is 20.0. The number of rotatable bonds is 2. The van der Waals surface area contributed by atoms with Crippen LogP contribution in [0.5, 0.6) is 0 Å². The molecule has 2 aromatic heterocycles. The predicted molar refractivity (Wildman–Crippen MR) is 74.0 cm³/mol. The quantitative estimate of drug-likeness (QED) is 0.385. The van der Waals surface area contributed by atoms with Gasteiger partial charge >= 0.3 is 7.82 Å². The van der Waals surface area contributed by atoms with Crippen LogP contribution in [0.4, 0.5) is 5.95 Å².